The topological polar surface area (TPSA) is 80.1 Å². The Morgan fingerprint density at radius 1 is 1.35 bits per heavy atom. The number of hydrogen-bond donors (Lipinski definition) is 1. The minimum absolute atomic E-state index is 0.176. The Hall–Kier alpha value is -1.87. The predicted molar refractivity (Wildman–Crippen MR) is 100 cm³/mol. The molecule has 1 N–H and O–H groups in total. The molecule has 9 heteroatoms. The number of hydrogen-bond acceptors (Lipinski definition) is 6. The fraction of sp³-hybridized carbons (Fsp3) is 0.529. The van der Waals surface area contributed by atoms with Gasteiger partial charge in [-0.25, -0.2) is 4.79 Å². The Morgan fingerprint density at radius 3 is 2.77 bits per heavy atom. The number of aromatic nitrogens is 3. The average Bonchev–Trinajstić information content (AvgIpc) is 3.07. The van der Waals surface area contributed by atoms with Crippen LogP contribution in [-0.4, -0.2) is 49.4 Å². The number of nitrogens with one attached hydrogen (secondary N) is 1. The molecule has 1 saturated heterocycles. The third-order valence-electron chi connectivity index (χ3n) is 4.55. The number of urea groups is 1. The van der Waals surface area contributed by atoms with Crippen LogP contribution >= 0.6 is 23.1 Å². The maximum Gasteiger partial charge on any atom is 0.325 e. The lowest BCUT2D eigenvalue weighted by Gasteiger charge is -2.15. The monoisotopic (exact) mass is 391 g/mol. The molecule has 0 aromatic carbocycles. The van der Waals surface area contributed by atoms with Gasteiger partial charge in [-0.05, 0) is 38.1 Å². The van der Waals surface area contributed by atoms with E-state index in [4.69, 9.17) is 0 Å². The van der Waals surface area contributed by atoms with E-state index in [0.717, 1.165) is 30.2 Å². The summed E-state index contributed by atoms with van der Waals surface area (Å²) in [6, 6.07) is 4.33. The summed E-state index contributed by atoms with van der Waals surface area (Å²) in [5.74, 6) is 1.43. The first-order valence-corrected chi connectivity index (χ1v) is 10.6. The molecule has 2 fully saturated rings. The molecule has 2 aromatic heterocycles. The van der Waals surface area contributed by atoms with E-state index in [2.05, 4.69) is 31.5 Å². The molecular formula is C17H21N5O2S2. The number of thiophene rings is 1. The molecule has 3 heterocycles. The summed E-state index contributed by atoms with van der Waals surface area (Å²) in [6.07, 6.45) is 3.11. The van der Waals surface area contributed by atoms with Gasteiger partial charge in [-0.15, -0.1) is 21.5 Å². The van der Waals surface area contributed by atoms with Gasteiger partial charge in [-0.2, -0.15) is 0 Å². The number of nitrogens with zero attached hydrogens (tertiary/aromatic N) is 4. The molecule has 138 valence electrons. The van der Waals surface area contributed by atoms with Crippen LogP contribution in [0.25, 0.3) is 0 Å². The molecule has 0 unspecified atom stereocenters. The summed E-state index contributed by atoms with van der Waals surface area (Å²) >= 11 is 3.28. The highest BCUT2D eigenvalue weighted by Crippen LogP contribution is 2.39. The number of amides is 3. The molecule has 0 spiro atoms. The summed E-state index contributed by atoms with van der Waals surface area (Å²) < 4.78 is 2.24. The van der Waals surface area contributed by atoms with Crippen molar-refractivity contribution in [1.82, 2.24) is 25.0 Å². The molecular weight excluding hydrogens is 370 g/mol. The number of carbonyl (C=O) groups is 2. The maximum absolute atomic E-state index is 12.2. The van der Waals surface area contributed by atoms with Gasteiger partial charge in [0.1, 0.15) is 11.4 Å². The zero-order valence-corrected chi connectivity index (χ0v) is 16.4. The van der Waals surface area contributed by atoms with Crippen molar-refractivity contribution in [3.63, 3.8) is 0 Å². The minimum Gasteiger partial charge on any atom is -0.324 e. The molecule has 0 radical (unpaired) electrons. The second-order valence-corrected chi connectivity index (χ2v) is 9.21. The summed E-state index contributed by atoms with van der Waals surface area (Å²) in [4.78, 5) is 26.8. The molecule has 1 aliphatic carbocycles. The van der Waals surface area contributed by atoms with Crippen molar-refractivity contribution in [2.24, 2.45) is 0 Å². The maximum atomic E-state index is 12.2. The van der Waals surface area contributed by atoms with E-state index < -0.39 is 5.54 Å². The van der Waals surface area contributed by atoms with Crippen LogP contribution in [0, 0.1) is 0 Å². The molecule has 1 aliphatic heterocycles. The standard InChI is InChI=1S/C17H21N5O2S2/c1-17(2)14(23)21(15(24)18-17)7-9-26-16-20-19-13(22(16)11-5-6-11)10-12-4-3-8-25-12/h3-4,8,11H,5-7,9-10H2,1-2H3,(H,18,24). The molecule has 4 rings (SSSR count). The Balaban J connectivity index is 1.42. The van der Waals surface area contributed by atoms with E-state index in [0.29, 0.717) is 18.3 Å². The fourth-order valence-electron chi connectivity index (χ4n) is 3.04. The van der Waals surface area contributed by atoms with Gasteiger partial charge < -0.3 is 9.88 Å². The van der Waals surface area contributed by atoms with E-state index in [-0.39, 0.29) is 11.9 Å². The highest BCUT2D eigenvalue weighted by molar-refractivity contribution is 7.99. The number of carbonyl (C=O) groups excluding carboxylic acids is 2. The molecule has 1 saturated carbocycles. The molecule has 26 heavy (non-hydrogen) atoms. The Labute approximate surface area is 160 Å². The van der Waals surface area contributed by atoms with Gasteiger partial charge in [0.2, 0.25) is 0 Å². The third kappa shape index (κ3) is 3.37. The van der Waals surface area contributed by atoms with E-state index in [9.17, 15) is 9.59 Å². The van der Waals surface area contributed by atoms with Gasteiger partial charge in [-0.3, -0.25) is 9.69 Å². The van der Waals surface area contributed by atoms with Gasteiger partial charge in [0, 0.05) is 29.6 Å². The van der Waals surface area contributed by atoms with Crippen molar-refractivity contribution in [3.05, 3.63) is 28.2 Å². The fourth-order valence-corrected chi connectivity index (χ4v) is 4.69. The SMILES string of the molecule is CC1(C)NC(=O)N(CCSc2nnc(Cc3cccs3)n2C2CC2)C1=O. The second-order valence-electron chi connectivity index (χ2n) is 7.12. The molecule has 3 amide bonds. The highest BCUT2D eigenvalue weighted by atomic mass is 32.2. The molecule has 0 atom stereocenters. The average molecular weight is 392 g/mol. The lowest BCUT2D eigenvalue weighted by molar-refractivity contribution is -0.130. The van der Waals surface area contributed by atoms with Crippen molar-refractivity contribution in [2.75, 3.05) is 12.3 Å². The van der Waals surface area contributed by atoms with E-state index in [1.807, 2.05) is 6.07 Å². The van der Waals surface area contributed by atoms with E-state index in [1.54, 1.807) is 36.9 Å². The van der Waals surface area contributed by atoms with Gasteiger partial charge in [-0.1, -0.05) is 17.8 Å². The Morgan fingerprint density at radius 2 is 2.15 bits per heavy atom. The van der Waals surface area contributed by atoms with Crippen molar-refractivity contribution in [2.45, 2.75) is 49.8 Å². The van der Waals surface area contributed by atoms with Crippen LogP contribution in [0.3, 0.4) is 0 Å². The molecule has 0 bridgehead atoms. The minimum atomic E-state index is -0.816. The lowest BCUT2D eigenvalue weighted by atomic mass is 10.1. The Kier molecular flexibility index (Phi) is 4.52. The van der Waals surface area contributed by atoms with Gasteiger partial charge in [0.15, 0.2) is 5.16 Å². The van der Waals surface area contributed by atoms with Crippen LogP contribution in [-0.2, 0) is 11.2 Å². The zero-order valence-electron chi connectivity index (χ0n) is 14.8. The first kappa shape index (κ1) is 17.5. The van der Waals surface area contributed by atoms with Crippen LogP contribution in [0.1, 0.15) is 43.4 Å². The number of imide groups is 1. The van der Waals surface area contributed by atoms with Gasteiger partial charge in [0.25, 0.3) is 5.91 Å². The van der Waals surface area contributed by atoms with E-state index in [1.165, 1.54) is 9.78 Å². The number of rotatable bonds is 7. The van der Waals surface area contributed by atoms with Crippen LogP contribution in [0.5, 0.6) is 0 Å². The summed E-state index contributed by atoms with van der Waals surface area (Å²) in [5, 5.41) is 14.4. The normalized spacial score (nSPS) is 19.2. The molecule has 2 aliphatic rings. The van der Waals surface area contributed by atoms with Crippen molar-refractivity contribution in [1.29, 1.82) is 0 Å². The van der Waals surface area contributed by atoms with Crippen LogP contribution < -0.4 is 5.32 Å². The summed E-state index contributed by atoms with van der Waals surface area (Å²) in [6.45, 7) is 3.82. The summed E-state index contributed by atoms with van der Waals surface area (Å²) in [7, 11) is 0. The van der Waals surface area contributed by atoms with Crippen molar-refractivity contribution < 1.29 is 9.59 Å². The largest absolute Gasteiger partial charge is 0.325 e. The summed E-state index contributed by atoms with van der Waals surface area (Å²) in [5.41, 5.74) is -0.816. The van der Waals surface area contributed by atoms with Crippen LogP contribution in [0.2, 0.25) is 0 Å². The van der Waals surface area contributed by atoms with Gasteiger partial charge >= 0.3 is 6.03 Å². The predicted octanol–water partition coefficient (Wildman–Crippen LogP) is 2.69. The molecule has 2 aromatic rings. The van der Waals surface area contributed by atoms with Gasteiger partial charge in [0.05, 0.1) is 0 Å². The molecule has 7 nitrogen and oxygen atoms in total. The number of thioether (sulfide) groups is 1. The zero-order chi connectivity index (χ0) is 18.3. The smallest absolute Gasteiger partial charge is 0.324 e. The van der Waals surface area contributed by atoms with Crippen LogP contribution in [0.4, 0.5) is 4.79 Å². The van der Waals surface area contributed by atoms with Crippen LogP contribution in [0.15, 0.2) is 22.7 Å². The first-order valence-electron chi connectivity index (χ1n) is 8.69. The third-order valence-corrected chi connectivity index (χ3v) is 6.35. The van der Waals surface area contributed by atoms with E-state index >= 15 is 0 Å². The quantitative estimate of drug-likeness (QED) is 0.580. The Bertz CT molecular complexity index is 826. The van der Waals surface area contributed by atoms with Crippen molar-refractivity contribution >= 4 is 35.0 Å². The van der Waals surface area contributed by atoms with Crippen molar-refractivity contribution in [3.8, 4) is 0 Å². The first-order chi connectivity index (χ1) is 12.5. The second kappa shape index (κ2) is 6.70. The lowest BCUT2D eigenvalue weighted by Crippen LogP contribution is -2.40. The highest BCUT2D eigenvalue weighted by Gasteiger charge is 2.43.